The van der Waals surface area contributed by atoms with Crippen molar-refractivity contribution in [1.29, 1.82) is 0 Å². The molecule has 1 aliphatic heterocycles. The Hall–Kier alpha value is -1.30. The maximum absolute atomic E-state index is 6.22. The van der Waals surface area contributed by atoms with Crippen LogP contribution in [0.1, 0.15) is 89.0 Å². The summed E-state index contributed by atoms with van der Waals surface area (Å²) in [5.74, 6) is 10.3. The number of methoxy groups -OCH3 is 1. The van der Waals surface area contributed by atoms with E-state index in [0.717, 1.165) is 12.8 Å². The molecule has 2 rings (SSSR count). The Morgan fingerprint density at radius 2 is 1.44 bits per heavy atom. The standard InChI is InChI=1S/C32H52O3Si/c1-23(2)36(24(3)4,25(5)6)20-16-14-13-15-17-28(33-12)27-19-18-26(7)29(32(27,10)11)30-34-21-31(8,9)22-35-30/h13-14,23-25,27-28,30H,18-19,21-22H2,1-12H3/b14-13-/t27-,28+/m0/s1. The van der Waals surface area contributed by atoms with Gasteiger partial charge in [-0.3, -0.25) is 0 Å². The molecule has 1 heterocycles. The molecule has 0 aromatic heterocycles. The lowest BCUT2D eigenvalue weighted by molar-refractivity contribution is -0.211. The fraction of sp³-hybridized carbons (Fsp3) is 0.750. The van der Waals surface area contributed by atoms with Crippen LogP contribution in [0.25, 0.3) is 0 Å². The first-order chi connectivity index (χ1) is 16.7. The minimum Gasteiger partial charge on any atom is -0.368 e. The minimum atomic E-state index is -1.72. The molecule has 0 N–H and O–H groups in total. The van der Waals surface area contributed by atoms with Gasteiger partial charge in [0.15, 0.2) is 6.29 Å². The molecule has 0 saturated carbocycles. The van der Waals surface area contributed by atoms with Crippen molar-refractivity contribution < 1.29 is 14.2 Å². The summed E-state index contributed by atoms with van der Waals surface area (Å²) >= 11 is 0. The van der Waals surface area contributed by atoms with Gasteiger partial charge in [-0.2, -0.15) is 0 Å². The molecule has 3 nitrogen and oxygen atoms in total. The third kappa shape index (κ3) is 6.76. The Bertz CT molecular complexity index is 898. The Balaban J connectivity index is 2.21. The molecule has 202 valence electrons. The molecular weight excluding hydrogens is 460 g/mol. The van der Waals surface area contributed by atoms with Crippen molar-refractivity contribution in [3.8, 4) is 23.3 Å². The molecule has 1 saturated heterocycles. The van der Waals surface area contributed by atoms with Crippen molar-refractivity contribution in [3.05, 3.63) is 23.3 Å². The third-order valence-electron chi connectivity index (χ3n) is 8.65. The lowest BCUT2D eigenvalue weighted by atomic mass is 9.63. The van der Waals surface area contributed by atoms with E-state index in [2.05, 4.69) is 99.5 Å². The zero-order chi connectivity index (χ0) is 27.3. The van der Waals surface area contributed by atoms with Crippen LogP contribution in [0.4, 0.5) is 0 Å². The molecule has 0 amide bonds. The van der Waals surface area contributed by atoms with Gasteiger partial charge in [-0.25, -0.2) is 0 Å². The average Bonchev–Trinajstić information content (AvgIpc) is 2.76. The van der Waals surface area contributed by atoms with Crippen LogP contribution in [0.15, 0.2) is 23.3 Å². The number of rotatable bonds is 6. The van der Waals surface area contributed by atoms with Crippen LogP contribution in [0.3, 0.4) is 0 Å². The second-order valence-electron chi connectivity index (χ2n) is 13.1. The molecule has 36 heavy (non-hydrogen) atoms. The van der Waals surface area contributed by atoms with Gasteiger partial charge in [-0.05, 0) is 59.5 Å². The van der Waals surface area contributed by atoms with Gasteiger partial charge in [0.2, 0.25) is 0 Å². The van der Waals surface area contributed by atoms with E-state index in [9.17, 15) is 0 Å². The Labute approximate surface area is 223 Å². The maximum Gasteiger partial charge on any atom is 0.180 e. The monoisotopic (exact) mass is 512 g/mol. The molecule has 0 unspecified atom stereocenters. The molecule has 0 spiro atoms. The molecule has 4 heteroatoms. The van der Waals surface area contributed by atoms with Crippen LogP contribution in [-0.2, 0) is 14.2 Å². The van der Waals surface area contributed by atoms with E-state index in [1.54, 1.807) is 7.11 Å². The van der Waals surface area contributed by atoms with E-state index in [1.807, 2.05) is 12.2 Å². The van der Waals surface area contributed by atoms with E-state index in [1.165, 1.54) is 11.1 Å². The summed E-state index contributed by atoms with van der Waals surface area (Å²) in [5.41, 5.74) is 8.20. The zero-order valence-corrected chi connectivity index (χ0v) is 26.2. The summed E-state index contributed by atoms with van der Waals surface area (Å²) < 4.78 is 18.4. The van der Waals surface area contributed by atoms with Crippen molar-refractivity contribution in [1.82, 2.24) is 0 Å². The first-order valence-corrected chi connectivity index (χ1v) is 16.1. The Morgan fingerprint density at radius 3 is 1.94 bits per heavy atom. The van der Waals surface area contributed by atoms with Crippen LogP contribution < -0.4 is 0 Å². The van der Waals surface area contributed by atoms with Crippen LogP contribution >= 0.6 is 0 Å². The highest BCUT2D eigenvalue weighted by atomic mass is 28.3. The Morgan fingerprint density at radius 1 is 0.917 bits per heavy atom. The van der Waals surface area contributed by atoms with Crippen molar-refractivity contribution in [2.75, 3.05) is 20.3 Å². The summed E-state index contributed by atoms with van der Waals surface area (Å²) in [6, 6.07) is 0. The molecule has 0 radical (unpaired) electrons. The maximum atomic E-state index is 6.22. The van der Waals surface area contributed by atoms with Crippen LogP contribution in [0.5, 0.6) is 0 Å². The first kappa shape index (κ1) is 30.9. The van der Waals surface area contributed by atoms with Gasteiger partial charge < -0.3 is 14.2 Å². The molecule has 1 fully saturated rings. The highest BCUT2D eigenvalue weighted by molar-refractivity contribution is 6.90. The number of allylic oxidation sites excluding steroid dienone is 3. The van der Waals surface area contributed by atoms with Gasteiger partial charge in [-0.1, -0.05) is 92.6 Å². The fourth-order valence-corrected chi connectivity index (χ4v) is 11.8. The zero-order valence-electron chi connectivity index (χ0n) is 25.2. The Kier molecular flexibility index (Phi) is 10.7. The molecule has 0 aromatic carbocycles. The number of hydrogen-bond acceptors (Lipinski definition) is 3. The summed E-state index contributed by atoms with van der Waals surface area (Å²) in [5, 5.41) is 0. The van der Waals surface area contributed by atoms with Gasteiger partial charge >= 0.3 is 0 Å². The van der Waals surface area contributed by atoms with Gasteiger partial charge in [0.25, 0.3) is 0 Å². The smallest absolute Gasteiger partial charge is 0.180 e. The van der Waals surface area contributed by atoms with Crippen LogP contribution in [-0.4, -0.2) is 40.8 Å². The van der Waals surface area contributed by atoms with Gasteiger partial charge in [0.1, 0.15) is 14.2 Å². The quantitative estimate of drug-likeness (QED) is 0.205. The molecular formula is C32H52O3Si. The lowest BCUT2D eigenvalue weighted by Gasteiger charge is -2.47. The SMILES string of the molecule is CO[C@H](C#C/C=C\C#C[Si](C(C)C)(C(C)C)C(C)C)[C@@H]1CCC(C)=C(C2OCC(C)(C)CO2)C1(C)C. The van der Waals surface area contributed by atoms with E-state index >= 15 is 0 Å². The third-order valence-corrected chi connectivity index (χ3v) is 15.0. The highest BCUT2D eigenvalue weighted by Crippen LogP contribution is 2.49. The summed E-state index contributed by atoms with van der Waals surface area (Å²) in [6.07, 6.45) is 5.46. The summed E-state index contributed by atoms with van der Waals surface area (Å²) in [7, 11) is 0.0552. The van der Waals surface area contributed by atoms with Crippen LogP contribution in [0, 0.1) is 40.1 Å². The predicted octanol–water partition coefficient (Wildman–Crippen LogP) is 7.93. The van der Waals surface area contributed by atoms with Crippen molar-refractivity contribution in [3.63, 3.8) is 0 Å². The summed E-state index contributed by atoms with van der Waals surface area (Å²) in [4.78, 5) is 0. The normalized spacial score (nSPS) is 23.6. The lowest BCUT2D eigenvalue weighted by Crippen LogP contribution is -2.47. The predicted molar refractivity (Wildman–Crippen MR) is 155 cm³/mol. The molecule has 2 aliphatic rings. The van der Waals surface area contributed by atoms with Crippen LogP contribution in [0.2, 0.25) is 16.6 Å². The van der Waals surface area contributed by atoms with E-state index in [-0.39, 0.29) is 29.1 Å². The molecule has 0 aromatic rings. The molecule has 1 aliphatic carbocycles. The van der Waals surface area contributed by atoms with Gasteiger partial charge in [0, 0.05) is 18.4 Å². The first-order valence-electron chi connectivity index (χ1n) is 13.9. The van der Waals surface area contributed by atoms with Crippen molar-refractivity contribution in [2.24, 2.45) is 16.7 Å². The van der Waals surface area contributed by atoms with E-state index in [4.69, 9.17) is 14.2 Å². The second-order valence-corrected chi connectivity index (χ2v) is 18.7. The van der Waals surface area contributed by atoms with E-state index < -0.39 is 8.07 Å². The van der Waals surface area contributed by atoms with Crippen molar-refractivity contribution >= 4 is 8.07 Å². The largest absolute Gasteiger partial charge is 0.368 e. The molecule has 0 bridgehead atoms. The topological polar surface area (TPSA) is 27.7 Å². The highest BCUT2D eigenvalue weighted by Gasteiger charge is 2.46. The number of ether oxygens (including phenoxy) is 3. The van der Waals surface area contributed by atoms with Crippen molar-refractivity contribution in [2.45, 2.75) is 118 Å². The van der Waals surface area contributed by atoms with E-state index in [0.29, 0.717) is 29.8 Å². The fourth-order valence-electron chi connectivity index (χ4n) is 6.65. The van der Waals surface area contributed by atoms with Gasteiger partial charge in [0.05, 0.1) is 13.2 Å². The van der Waals surface area contributed by atoms with Gasteiger partial charge in [-0.15, -0.1) is 5.54 Å². The molecule has 2 atom stereocenters. The minimum absolute atomic E-state index is 0.0562. The number of hydrogen-bond donors (Lipinski definition) is 0. The second kappa shape index (κ2) is 12.5. The summed E-state index contributed by atoms with van der Waals surface area (Å²) in [6.45, 7) is 26.7. The average molecular weight is 513 g/mol.